The summed E-state index contributed by atoms with van der Waals surface area (Å²) in [5.41, 5.74) is 29.4. The number of rotatable bonds is 1. The number of nitrogens with zero attached hydrogens (tertiary/aromatic N) is 2. The van der Waals surface area contributed by atoms with Gasteiger partial charge in [-0.1, -0.05) is 163 Å². The summed E-state index contributed by atoms with van der Waals surface area (Å²) in [7, 11) is 0. The van der Waals surface area contributed by atoms with Crippen LogP contribution in [0.4, 0.5) is 28.4 Å². The molecule has 6 aliphatic rings. The average molecular weight is 823 g/mol. The number of benzene rings is 8. The van der Waals surface area contributed by atoms with Gasteiger partial charge in [0.25, 0.3) is 0 Å². The van der Waals surface area contributed by atoms with Gasteiger partial charge >= 0.3 is 6.85 Å². The van der Waals surface area contributed by atoms with E-state index >= 15 is 0 Å². The summed E-state index contributed by atoms with van der Waals surface area (Å²) >= 11 is 0. The molecule has 64 heavy (non-hydrogen) atoms. The third-order valence-electron chi connectivity index (χ3n) is 16.9. The molecule has 0 N–H and O–H groups in total. The van der Waals surface area contributed by atoms with Crippen LogP contribution in [0, 0.1) is 6.92 Å². The van der Waals surface area contributed by atoms with Gasteiger partial charge in [0, 0.05) is 33.7 Å². The summed E-state index contributed by atoms with van der Waals surface area (Å²) in [6, 6.07) is 61.9. The van der Waals surface area contributed by atoms with Crippen LogP contribution in [0.2, 0.25) is 0 Å². The second kappa shape index (κ2) is 12.0. The lowest BCUT2D eigenvalue weighted by Gasteiger charge is -2.52. The van der Waals surface area contributed by atoms with E-state index in [1.807, 2.05) is 0 Å². The Kier molecular flexibility index (Phi) is 6.88. The molecule has 3 heterocycles. The monoisotopic (exact) mass is 822 g/mol. The van der Waals surface area contributed by atoms with Crippen LogP contribution in [-0.2, 0) is 21.7 Å². The summed E-state index contributed by atoms with van der Waals surface area (Å²) in [4.78, 5) is 5.45. The van der Waals surface area contributed by atoms with Crippen LogP contribution in [0.25, 0.3) is 33.4 Å². The van der Waals surface area contributed by atoms with Crippen molar-refractivity contribution < 1.29 is 0 Å². The third-order valence-corrected chi connectivity index (χ3v) is 16.9. The third kappa shape index (κ3) is 4.30. The molecule has 3 heteroatoms. The molecule has 8 aromatic carbocycles. The van der Waals surface area contributed by atoms with Crippen LogP contribution in [-0.4, -0.2) is 6.85 Å². The van der Waals surface area contributed by atoms with Gasteiger partial charge in [-0.25, -0.2) is 0 Å². The normalized spacial score (nSPS) is 18.2. The SMILES string of the molecule is Cc1cc2c3c(c1)N1c4ccccc4C4(c5ccccc5-c5ccccc54)c4cccc(c41)B3N(c1ccc3c(c1)C(C)(C)CCC3(C)C)c1cc3c(cc1-2)C(C)(C)c1ccccc1-3. The van der Waals surface area contributed by atoms with Gasteiger partial charge < -0.3 is 9.71 Å². The molecule has 0 bridgehead atoms. The molecular formula is C61H51BN2. The minimum Gasteiger partial charge on any atom is -0.376 e. The Bertz CT molecular complexity index is 3370. The molecule has 1 spiro atoms. The highest BCUT2D eigenvalue weighted by molar-refractivity contribution is 6.93. The van der Waals surface area contributed by atoms with Crippen LogP contribution in [0.15, 0.2) is 158 Å². The lowest BCUT2D eigenvalue weighted by molar-refractivity contribution is 0.332. The number of anilines is 5. The standard InChI is InChI=1S/C61H51BN2/c1-36-31-43-42-34-50-41(40-19-8-11-20-44(40)60(50,6)7)35-54(42)64(37-27-28-47-51(33-37)59(4,5)30-29-58(47,2)3)62-52-25-16-24-49-57(52)63(55(32-36)56(43)62)53-26-15-14-23-48(53)61(49)45-21-12-9-17-38(45)39-18-10-13-22-46(39)61/h8-28,31-35H,29-30H2,1-7H3. The van der Waals surface area contributed by atoms with Crippen LogP contribution in [0.3, 0.4) is 0 Å². The predicted molar refractivity (Wildman–Crippen MR) is 269 cm³/mol. The molecule has 0 saturated heterocycles. The Hall–Kier alpha value is -6.58. The number of para-hydroxylation sites is 2. The second-order valence-corrected chi connectivity index (χ2v) is 21.5. The highest BCUT2D eigenvalue weighted by atomic mass is 15.2. The minimum absolute atomic E-state index is 0.0647. The van der Waals surface area contributed by atoms with E-state index in [2.05, 4.69) is 216 Å². The van der Waals surface area contributed by atoms with Crippen molar-refractivity contribution >= 4 is 46.2 Å². The number of hydrogen-bond acceptors (Lipinski definition) is 2. The van der Waals surface area contributed by atoms with Gasteiger partial charge in [-0.2, -0.15) is 0 Å². The number of aryl methyl sites for hydroxylation is 1. The van der Waals surface area contributed by atoms with E-state index in [0.717, 1.165) is 0 Å². The van der Waals surface area contributed by atoms with Gasteiger partial charge in [-0.15, -0.1) is 0 Å². The first kappa shape index (κ1) is 36.9. The quantitative estimate of drug-likeness (QED) is 0.152. The van der Waals surface area contributed by atoms with E-state index in [1.165, 1.54) is 136 Å². The van der Waals surface area contributed by atoms with Crippen molar-refractivity contribution in [3.8, 4) is 33.4 Å². The summed E-state index contributed by atoms with van der Waals surface area (Å²) in [6.45, 7) is 16.9. The van der Waals surface area contributed by atoms with Crippen molar-refractivity contribution in [2.75, 3.05) is 9.71 Å². The highest BCUT2D eigenvalue weighted by Gasteiger charge is 2.56. The fourth-order valence-corrected chi connectivity index (χ4v) is 13.9. The Morgan fingerprint density at radius 3 is 1.75 bits per heavy atom. The first-order chi connectivity index (χ1) is 30.9. The van der Waals surface area contributed by atoms with Crippen molar-refractivity contribution in [1.29, 1.82) is 0 Å². The van der Waals surface area contributed by atoms with Crippen LogP contribution < -0.4 is 20.6 Å². The van der Waals surface area contributed by atoms with Gasteiger partial charge in [0.2, 0.25) is 0 Å². The summed E-state index contributed by atoms with van der Waals surface area (Å²) in [5, 5.41) is 0. The first-order valence-corrected chi connectivity index (χ1v) is 23.5. The highest BCUT2D eigenvalue weighted by Crippen LogP contribution is 2.64. The average Bonchev–Trinajstić information content (AvgIpc) is 3.72. The van der Waals surface area contributed by atoms with E-state index in [9.17, 15) is 0 Å². The van der Waals surface area contributed by atoms with E-state index in [0.29, 0.717) is 0 Å². The molecule has 0 aromatic heterocycles. The Balaban J connectivity index is 1.13. The number of hydrogen-bond donors (Lipinski definition) is 0. The summed E-state index contributed by atoms with van der Waals surface area (Å²) < 4.78 is 0. The molecule has 0 saturated carbocycles. The predicted octanol–water partition coefficient (Wildman–Crippen LogP) is 14.0. The molecule has 3 aliphatic carbocycles. The lowest BCUT2D eigenvalue weighted by atomic mass is 9.42. The molecule has 0 radical (unpaired) electrons. The van der Waals surface area contributed by atoms with Crippen molar-refractivity contribution in [3.63, 3.8) is 0 Å². The van der Waals surface area contributed by atoms with Crippen molar-refractivity contribution in [1.82, 2.24) is 0 Å². The molecule has 0 amide bonds. The maximum atomic E-state index is 2.78. The fraction of sp³-hybridized carbons (Fsp3) is 0.213. The Labute approximate surface area is 378 Å². The maximum absolute atomic E-state index is 2.78. The van der Waals surface area contributed by atoms with Crippen molar-refractivity contribution in [2.24, 2.45) is 0 Å². The largest absolute Gasteiger partial charge is 0.376 e. The maximum Gasteiger partial charge on any atom is 0.333 e. The second-order valence-electron chi connectivity index (χ2n) is 21.5. The minimum atomic E-state index is -0.481. The molecule has 0 unspecified atom stereocenters. The Morgan fingerprint density at radius 1 is 0.422 bits per heavy atom. The number of fused-ring (bicyclic) bond motifs is 17. The van der Waals surface area contributed by atoms with E-state index in [1.54, 1.807) is 0 Å². The molecule has 308 valence electrons. The van der Waals surface area contributed by atoms with Gasteiger partial charge in [-0.05, 0) is 156 Å². The Morgan fingerprint density at radius 2 is 1.03 bits per heavy atom. The van der Waals surface area contributed by atoms with E-state index < -0.39 is 5.41 Å². The molecule has 2 nitrogen and oxygen atoms in total. The van der Waals surface area contributed by atoms with Crippen LogP contribution in [0.1, 0.15) is 104 Å². The first-order valence-electron chi connectivity index (χ1n) is 23.5. The van der Waals surface area contributed by atoms with Crippen molar-refractivity contribution in [3.05, 3.63) is 208 Å². The van der Waals surface area contributed by atoms with Gasteiger partial charge in [0.05, 0.1) is 11.1 Å². The molecule has 8 aromatic rings. The van der Waals surface area contributed by atoms with E-state index in [4.69, 9.17) is 0 Å². The zero-order valence-electron chi connectivity index (χ0n) is 37.9. The van der Waals surface area contributed by atoms with Crippen molar-refractivity contribution in [2.45, 2.75) is 83.0 Å². The van der Waals surface area contributed by atoms with Crippen LogP contribution >= 0.6 is 0 Å². The molecule has 0 atom stereocenters. The van der Waals surface area contributed by atoms with E-state index in [-0.39, 0.29) is 23.1 Å². The van der Waals surface area contributed by atoms with Gasteiger partial charge in [-0.3, -0.25) is 0 Å². The smallest absolute Gasteiger partial charge is 0.333 e. The van der Waals surface area contributed by atoms with Crippen LogP contribution in [0.5, 0.6) is 0 Å². The zero-order chi connectivity index (χ0) is 43.2. The summed E-state index contributed by atoms with van der Waals surface area (Å²) in [6.07, 6.45) is 2.37. The molecule has 14 rings (SSSR count). The summed E-state index contributed by atoms with van der Waals surface area (Å²) in [5.74, 6) is 0. The topological polar surface area (TPSA) is 6.48 Å². The van der Waals surface area contributed by atoms with Gasteiger partial charge in [0.1, 0.15) is 0 Å². The molecule has 3 aliphatic heterocycles. The zero-order valence-corrected chi connectivity index (χ0v) is 37.9. The fourth-order valence-electron chi connectivity index (χ4n) is 13.9. The molecular weight excluding hydrogens is 771 g/mol. The molecule has 0 fully saturated rings. The lowest BCUT2D eigenvalue weighted by Crippen LogP contribution is -2.62. The van der Waals surface area contributed by atoms with Gasteiger partial charge in [0.15, 0.2) is 0 Å².